The standard InChI is InChI=1S/C16H19N3/c1-11(2)14-6-4-5-12-7-16(19-10-15(12)14)13(8-17)9-18-3/h4-11H,17H2,1-3H3/b13-8+,18-9?. The maximum absolute atomic E-state index is 5.62. The molecule has 0 aliphatic carbocycles. The Labute approximate surface area is 113 Å². The van der Waals surface area contributed by atoms with Crippen molar-refractivity contribution < 1.29 is 0 Å². The van der Waals surface area contributed by atoms with Crippen molar-refractivity contribution in [1.82, 2.24) is 4.98 Å². The van der Waals surface area contributed by atoms with Crippen LogP contribution in [0.3, 0.4) is 0 Å². The lowest BCUT2D eigenvalue weighted by atomic mass is 9.97. The third-order valence-electron chi connectivity index (χ3n) is 3.16. The van der Waals surface area contributed by atoms with E-state index in [4.69, 9.17) is 5.73 Å². The van der Waals surface area contributed by atoms with Crippen LogP contribution in [0.2, 0.25) is 0 Å². The predicted molar refractivity (Wildman–Crippen MR) is 82.4 cm³/mol. The Morgan fingerprint density at radius 2 is 2.16 bits per heavy atom. The summed E-state index contributed by atoms with van der Waals surface area (Å²) in [5, 5.41) is 2.38. The van der Waals surface area contributed by atoms with Crippen LogP contribution < -0.4 is 5.73 Å². The number of hydrogen-bond donors (Lipinski definition) is 1. The summed E-state index contributed by atoms with van der Waals surface area (Å²) in [5.74, 6) is 0.484. The molecular weight excluding hydrogens is 234 g/mol. The number of nitrogens with zero attached hydrogens (tertiary/aromatic N) is 2. The normalized spacial score (nSPS) is 12.7. The fourth-order valence-corrected chi connectivity index (χ4v) is 2.19. The van der Waals surface area contributed by atoms with E-state index in [2.05, 4.69) is 48.1 Å². The summed E-state index contributed by atoms with van der Waals surface area (Å²) in [6.07, 6.45) is 5.18. The van der Waals surface area contributed by atoms with E-state index in [0.29, 0.717) is 5.92 Å². The van der Waals surface area contributed by atoms with Gasteiger partial charge in [-0.1, -0.05) is 32.0 Å². The van der Waals surface area contributed by atoms with E-state index in [0.717, 1.165) is 11.3 Å². The molecule has 1 heterocycles. The lowest BCUT2D eigenvalue weighted by Gasteiger charge is -2.10. The van der Waals surface area contributed by atoms with E-state index >= 15 is 0 Å². The Hall–Kier alpha value is -2.16. The van der Waals surface area contributed by atoms with Crippen LogP contribution in [0, 0.1) is 0 Å². The average Bonchev–Trinajstić information content (AvgIpc) is 2.43. The van der Waals surface area contributed by atoms with E-state index in [1.54, 1.807) is 13.3 Å². The molecule has 0 aliphatic heterocycles. The van der Waals surface area contributed by atoms with Gasteiger partial charge in [0, 0.05) is 36.6 Å². The number of aliphatic imine (C=N–C) groups is 1. The van der Waals surface area contributed by atoms with Crippen LogP contribution in [-0.4, -0.2) is 18.2 Å². The molecule has 3 nitrogen and oxygen atoms in total. The van der Waals surface area contributed by atoms with Crippen molar-refractivity contribution in [3.63, 3.8) is 0 Å². The highest BCUT2D eigenvalue weighted by atomic mass is 14.7. The van der Waals surface area contributed by atoms with E-state index in [1.807, 2.05) is 6.20 Å². The molecule has 2 N–H and O–H groups in total. The Balaban J connectivity index is 2.59. The van der Waals surface area contributed by atoms with Crippen LogP contribution >= 0.6 is 0 Å². The van der Waals surface area contributed by atoms with Crippen LogP contribution in [0.1, 0.15) is 31.0 Å². The largest absolute Gasteiger partial charge is 0.404 e. The fourth-order valence-electron chi connectivity index (χ4n) is 2.19. The van der Waals surface area contributed by atoms with Gasteiger partial charge in [0.1, 0.15) is 0 Å². The van der Waals surface area contributed by atoms with Crippen LogP contribution in [0.15, 0.2) is 41.7 Å². The summed E-state index contributed by atoms with van der Waals surface area (Å²) >= 11 is 0. The molecule has 1 aromatic carbocycles. The number of allylic oxidation sites excluding steroid dienone is 1. The van der Waals surface area contributed by atoms with Crippen LogP contribution in [-0.2, 0) is 0 Å². The van der Waals surface area contributed by atoms with Gasteiger partial charge in [-0.2, -0.15) is 0 Å². The Kier molecular flexibility index (Phi) is 3.95. The summed E-state index contributed by atoms with van der Waals surface area (Å²) in [6, 6.07) is 8.40. The molecule has 0 atom stereocenters. The molecule has 0 fully saturated rings. The number of nitrogens with two attached hydrogens (primary N) is 1. The summed E-state index contributed by atoms with van der Waals surface area (Å²) in [7, 11) is 1.72. The average molecular weight is 253 g/mol. The zero-order valence-corrected chi connectivity index (χ0v) is 11.6. The maximum Gasteiger partial charge on any atom is 0.0738 e. The van der Waals surface area contributed by atoms with Crippen molar-refractivity contribution in [2.24, 2.45) is 10.7 Å². The first kappa shape index (κ1) is 13.3. The molecule has 0 saturated carbocycles. The van der Waals surface area contributed by atoms with E-state index in [1.165, 1.54) is 22.5 Å². The highest BCUT2D eigenvalue weighted by molar-refractivity contribution is 6.09. The van der Waals surface area contributed by atoms with Crippen molar-refractivity contribution in [2.45, 2.75) is 19.8 Å². The molecule has 0 saturated heterocycles. The zero-order chi connectivity index (χ0) is 13.8. The Morgan fingerprint density at radius 3 is 2.79 bits per heavy atom. The number of benzene rings is 1. The molecule has 0 bridgehead atoms. The molecule has 0 aliphatic rings. The van der Waals surface area contributed by atoms with Gasteiger partial charge in [0.15, 0.2) is 0 Å². The monoisotopic (exact) mass is 253 g/mol. The molecular formula is C16H19N3. The van der Waals surface area contributed by atoms with Gasteiger partial charge in [0.05, 0.1) is 5.69 Å². The smallest absolute Gasteiger partial charge is 0.0738 e. The number of aromatic nitrogens is 1. The maximum atomic E-state index is 5.62. The number of hydrogen-bond acceptors (Lipinski definition) is 3. The van der Waals surface area contributed by atoms with Crippen LogP contribution in [0.25, 0.3) is 16.3 Å². The fraction of sp³-hybridized carbons (Fsp3) is 0.250. The second kappa shape index (κ2) is 5.65. The highest BCUT2D eigenvalue weighted by Gasteiger charge is 2.07. The van der Waals surface area contributed by atoms with Gasteiger partial charge >= 0.3 is 0 Å². The van der Waals surface area contributed by atoms with Crippen LogP contribution in [0.5, 0.6) is 0 Å². The van der Waals surface area contributed by atoms with Crippen molar-refractivity contribution in [1.29, 1.82) is 0 Å². The Morgan fingerprint density at radius 1 is 1.37 bits per heavy atom. The van der Waals surface area contributed by atoms with Crippen molar-refractivity contribution >= 4 is 22.6 Å². The van der Waals surface area contributed by atoms with Crippen molar-refractivity contribution in [3.05, 3.63) is 47.9 Å². The quantitative estimate of drug-likeness (QED) is 0.853. The van der Waals surface area contributed by atoms with Gasteiger partial charge < -0.3 is 5.73 Å². The summed E-state index contributed by atoms with van der Waals surface area (Å²) in [6.45, 7) is 4.38. The minimum Gasteiger partial charge on any atom is -0.404 e. The second-order valence-electron chi connectivity index (χ2n) is 4.80. The minimum absolute atomic E-state index is 0.484. The van der Waals surface area contributed by atoms with E-state index in [-0.39, 0.29) is 0 Å². The third-order valence-corrected chi connectivity index (χ3v) is 3.16. The summed E-state index contributed by atoms with van der Waals surface area (Å²) < 4.78 is 0. The van der Waals surface area contributed by atoms with Crippen molar-refractivity contribution in [3.8, 4) is 0 Å². The number of pyridine rings is 1. The predicted octanol–water partition coefficient (Wildman–Crippen LogP) is 3.36. The van der Waals surface area contributed by atoms with Gasteiger partial charge in [-0.25, -0.2) is 0 Å². The molecule has 2 aromatic rings. The van der Waals surface area contributed by atoms with E-state index < -0.39 is 0 Å². The van der Waals surface area contributed by atoms with Gasteiger partial charge in [0.2, 0.25) is 0 Å². The molecule has 1 aromatic heterocycles. The van der Waals surface area contributed by atoms with Gasteiger partial charge in [-0.3, -0.25) is 9.98 Å². The molecule has 2 rings (SSSR count). The first-order valence-electron chi connectivity index (χ1n) is 6.40. The molecule has 19 heavy (non-hydrogen) atoms. The van der Waals surface area contributed by atoms with Gasteiger partial charge in [0.25, 0.3) is 0 Å². The summed E-state index contributed by atoms with van der Waals surface area (Å²) in [5.41, 5.74) is 8.62. The van der Waals surface area contributed by atoms with Crippen molar-refractivity contribution in [2.75, 3.05) is 7.05 Å². The third kappa shape index (κ3) is 2.65. The van der Waals surface area contributed by atoms with E-state index in [9.17, 15) is 0 Å². The SMILES string of the molecule is CN=C/C(=C\N)c1cc2cccc(C(C)C)c2cn1. The minimum atomic E-state index is 0.484. The zero-order valence-electron chi connectivity index (χ0n) is 11.6. The first-order valence-corrected chi connectivity index (χ1v) is 6.40. The topological polar surface area (TPSA) is 51.3 Å². The van der Waals surface area contributed by atoms with Crippen LogP contribution in [0.4, 0.5) is 0 Å². The Bertz CT molecular complexity index is 639. The first-order chi connectivity index (χ1) is 9.17. The number of fused-ring (bicyclic) bond motifs is 1. The molecule has 0 unspecified atom stereocenters. The van der Waals surface area contributed by atoms with Gasteiger partial charge in [-0.15, -0.1) is 0 Å². The highest BCUT2D eigenvalue weighted by Crippen LogP contribution is 2.26. The molecule has 3 heteroatoms. The lowest BCUT2D eigenvalue weighted by Crippen LogP contribution is -1.96. The number of rotatable bonds is 3. The van der Waals surface area contributed by atoms with Gasteiger partial charge in [-0.05, 0) is 22.9 Å². The second-order valence-corrected chi connectivity index (χ2v) is 4.80. The molecule has 0 spiro atoms. The molecule has 0 amide bonds. The molecule has 98 valence electrons. The summed E-state index contributed by atoms with van der Waals surface area (Å²) in [4.78, 5) is 8.50. The lowest BCUT2D eigenvalue weighted by molar-refractivity contribution is 0.875. The molecule has 0 radical (unpaired) electrons.